The molecule has 0 saturated carbocycles. The van der Waals surface area contributed by atoms with Gasteiger partial charge in [-0.2, -0.15) is 0 Å². The van der Waals surface area contributed by atoms with Crippen LogP contribution < -0.4 is 5.32 Å². The number of thioether (sulfide) groups is 1. The third-order valence-electron chi connectivity index (χ3n) is 4.78. The number of hydrogen-bond donors (Lipinski definition) is 1. The van der Waals surface area contributed by atoms with Gasteiger partial charge < -0.3 is 10.2 Å². The van der Waals surface area contributed by atoms with Crippen LogP contribution in [0.5, 0.6) is 0 Å². The summed E-state index contributed by atoms with van der Waals surface area (Å²) >= 11 is 26.5. The number of carbonyl (C=O) groups excluding carboxylic acids is 2. The topological polar surface area (TPSA) is 49.4 Å². The molecule has 0 spiro atoms. The van der Waals surface area contributed by atoms with E-state index in [1.807, 2.05) is 13.8 Å². The van der Waals surface area contributed by atoms with Crippen LogP contribution in [0.25, 0.3) is 0 Å². The van der Waals surface area contributed by atoms with Gasteiger partial charge in [-0.15, -0.1) is 11.8 Å². The van der Waals surface area contributed by atoms with E-state index in [0.29, 0.717) is 43.9 Å². The SMILES string of the molecule is CC(C)CNC(=O)[C@@H](C)N(Cc1c(Cl)cccc1Cl)C(=O)CSCc1c(Cl)cccc1Cl. The van der Waals surface area contributed by atoms with Crippen LogP contribution in [0.4, 0.5) is 0 Å². The molecular weight excluding hydrogens is 510 g/mol. The first kappa shape index (κ1) is 27.1. The highest BCUT2D eigenvalue weighted by Crippen LogP contribution is 2.29. The van der Waals surface area contributed by atoms with E-state index >= 15 is 0 Å². The summed E-state index contributed by atoms with van der Waals surface area (Å²) in [5.74, 6) is 0.476. The first-order chi connectivity index (χ1) is 15.1. The van der Waals surface area contributed by atoms with Crippen molar-refractivity contribution in [1.82, 2.24) is 10.2 Å². The van der Waals surface area contributed by atoms with Gasteiger partial charge in [0.2, 0.25) is 11.8 Å². The summed E-state index contributed by atoms with van der Waals surface area (Å²) in [6, 6.07) is 9.76. The number of benzene rings is 2. The molecule has 0 heterocycles. The maximum absolute atomic E-state index is 13.2. The molecule has 4 nitrogen and oxygen atoms in total. The summed E-state index contributed by atoms with van der Waals surface area (Å²) in [7, 11) is 0. The van der Waals surface area contributed by atoms with Crippen LogP contribution in [0, 0.1) is 5.92 Å². The highest BCUT2D eigenvalue weighted by molar-refractivity contribution is 7.99. The van der Waals surface area contributed by atoms with Crippen LogP contribution in [0.3, 0.4) is 0 Å². The quantitative estimate of drug-likeness (QED) is 0.367. The minimum absolute atomic E-state index is 0.126. The number of rotatable bonds is 10. The Balaban J connectivity index is 2.17. The van der Waals surface area contributed by atoms with E-state index < -0.39 is 6.04 Å². The highest BCUT2D eigenvalue weighted by atomic mass is 35.5. The molecule has 0 bridgehead atoms. The van der Waals surface area contributed by atoms with Crippen LogP contribution >= 0.6 is 58.2 Å². The summed E-state index contributed by atoms with van der Waals surface area (Å²) in [6.07, 6.45) is 0. The van der Waals surface area contributed by atoms with Crippen LogP contribution in [-0.2, 0) is 21.9 Å². The zero-order chi connectivity index (χ0) is 23.8. The lowest BCUT2D eigenvalue weighted by Gasteiger charge is -2.29. The van der Waals surface area contributed by atoms with Crippen molar-refractivity contribution < 1.29 is 9.59 Å². The molecule has 2 amide bonds. The molecule has 174 valence electrons. The van der Waals surface area contributed by atoms with Crippen molar-refractivity contribution in [3.63, 3.8) is 0 Å². The third-order valence-corrected chi connectivity index (χ3v) is 7.14. The second kappa shape index (κ2) is 13.0. The number of hydrogen-bond acceptors (Lipinski definition) is 3. The minimum atomic E-state index is -0.696. The van der Waals surface area contributed by atoms with Gasteiger partial charge in [0.15, 0.2) is 0 Å². The van der Waals surface area contributed by atoms with Crippen molar-refractivity contribution in [2.24, 2.45) is 5.92 Å². The van der Waals surface area contributed by atoms with Gasteiger partial charge in [-0.1, -0.05) is 72.4 Å². The Labute approximate surface area is 213 Å². The summed E-state index contributed by atoms with van der Waals surface area (Å²) in [4.78, 5) is 27.4. The average Bonchev–Trinajstić information content (AvgIpc) is 2.73. The van der Waals surface area contributed by atoms with E-state index in [0.717, 1.165) is 5.56 Å². The van der Waals surface area contributed by atoms with Gasteiger partial charge >= 0.3 is 0 Å². The lowest BCUT2D eigenvalue weighted by molar-refractivity contribution is -0.138. The second-order valence-corrected chi connectivity index (χ2v) is 10.3. The maximum atomic E-state index is 13.2. The average molecular weight is 536 g/mol. The van der Waals surface area contributed by atoms with Crippen LogP contribution in [0.1, 0.15) is 31.9 Å². The second-order valence-electron chi connectivity index (χ2n) is 7.73. The van der Waals surface area contributed by atoms with Gasteiger partial charge in [-0.05, 0) is 42.7 Å². The first-order valence-corrected chi connectivity index (χ1v) is 12.8. The third kappa shape index (κ3) is 7.74. The van der Waals surface area contributed by atoms with E-state index in [-0.39, 0.29) is 24.1 Å². The Kier molecular flexibility index (Phi) is 11.0. The molecule has 0 aliphatic carbocycles. The maximum Gasteiger partial charge on any atom is 0.242 e. The van der Waals surface area contributed by atoms with Crippen LogP contribution in [0.15, 0.2) is 36.4 Å². The van der Waals surface area contributed by atoms with Crippen molar-refractivity contribution in [3.05, 3.63) is 67.6 Å². The molecule has 0 aliphatic heterocycles. The van der Waals surface area contributed by atoms with Crippen molar-refractivity contribution >= 4 is 70.0 Å². The fourth-order valence-corrected chi connectivity index (χ4v) is 5.05. The van der Waals surface area contributed by atoms with Gasteiger partial charge in [0, 0.05) is 44.5 Å². The minimum Gasteiger partial charge on any atom is -0.354 e. The lowest BCUT2D eigenvalue weighted by atomic mass is 10.1. The molecule has 32 heavy (non-hydrogen) atoms. The predicted molar refractivity (Wildman–Crippen MR) is 137 cm³/mol. The lowest BCUT2D eigenvalue weighted by Crippen LogP contribution is -2.48. The summed E-state index contributed by atoms with van der Waals surface area (Å²) in [5.41, 5.74) is 1.38. The molecule has 0 aromatic heterocycles. The standard InChI is InChI=1S/C23H26Cl4N2O2S/c1-14(2)10-28-23(31)15(3)29(11-16-18(24)6-4-7-19(16)25)22(30)13-32-12-17-20(26)8-5-9-21(17)27/h4-9,14-15H,10-13H2,1-3H3,(H,28,31)/t15-/m1/s1. The number of nitrogens with one attached hydrogen (secondary N) is 1. The van der Waals surface area contributed by atoms with Gasteiger partial charge in [0.25, 0.3) is 0 Å². The van der Waals surface area contributed by atoms with Crippen molar-refractivity contribution in [2.45, 2.75) is 39.1 Å². The number of carbonyl (C=O) groups is 2. The Hall–Kier alpha value is -1.11. The number of halogens is 4. The fourth-order valence-electron chi connectivity index (χ4n) is 2.88. The van der Waals surface area contributed by atoms with Gasteiger partial charge in [0.1, 0.15) is 6.04 Å². The molecule has 1 atom stereocenters. The van der Waals surface area contributed by atoms with E-state index in [2.05, 4.69) is 5.32 Å². The smallest absolute Gasteiger partial charge is 0.242 e. The Morgan fingerprint density at radius 1 is 0.906 bits per heavy atom. The van der Waals surface area contributed by atoms with Crippen LogP contribution in [0.2, 0.25) is 20.1 Å². The largest absolute Gasteiger partial charge is 0.354 e. The predicted octanol–water partition coefficient (Wildman–Crippen LogP) is 6.72. The zero-order valence-electron chi connectivity index (χ0n) is 18.1. The highest BCUT2D eigenvalue weighted by Gasteiger charge is 2.27. The summed E-state index contributed by atoms with van der Waals surface area (Å²) < 4.78 is 0. The summed E-state index contributed by atoms with van der Waals surface area (Å²) in [5, 5.41) is 4.89. The van der Waals surface area contributed by atoms with Gasteiger partial charge in [-0.3, -0.25) is 9.59 Å². The molecule has 0 saturated heterocycles. The van der Waals surface area contributed by atoms with Gasteiger partial charge in [0.05, 0.1) is 5.75 Å². The van der Waals surface area contributed by atoms with Crippen molar-refractivity contribution in [2.75, 3.05) is 12.3 Å². The monoisotopic (exact) mass is 534 g/mol. The zero-order valence-corrected chi connectivity index (χ0v) is 22.0. The number of nitrogens with zero attached hydrogens (tertiary/aromatic N) is 1. The normalized spacial score (nSPS) is 12.0. The molecule has 1 N–H and O–H groups in total. The Morgan fingerprint density at radius 2 is 1.41 bits per heavy atom. The van der Waals surface area contributed by atoms with Crippen molar-refractivity contribution in [3.8, 4) is 0 Å². The van der Waals surface area contributed by atoms with Gasteiger partial charge in [-0.25, -0.2) is 0 Å². The summed E-state index contributed by atoms with van der Waals surface area (Å²) in [6.45, 7) is 6.37. The molecule has 2 aromatic carbocycles. The molecule has 9 heteroatoms. The Bertz CT molecular complexity index is 915. The van der Waals surface area contributed by atoms with Crippen LogP contribution in [-0.4, -0.2) is 35.1 Å². The van der Waals surface area contributed by atoms with E-state index in [1.54, 1.807) is 43.3 Å². The molecule has 0 unspecified atom stereocenters. The van der Waals surface area contributed by atoms with Crippen molar-refractivity contribution in [1.29, 1.82) is 0 Å². The van der Waals surface area contributed by atoms with E-state index in [4.69, 9.17) is 46.4 Å². The van der Waals surface area contributed by atoms with E-state index in [9.17, 15) is 9.59 Å². The molecule has 2 aromatic rings. The fraction of sp³-hybridized carbons (Fsp3) is 0.391. The molecule has 0 fully saturated rings. The molecule has 0 radical (unpaired) electrons. The first-order valence-electron chi connectivity index (χ1n) is 10.1. The molecule has 2 rings (SSSR count). The molecule has 0 aliphatic rings. The Morgan fingerprint density at radius 3 is 1.91 bits per heavy atom. The van der Waals surface area contributed by atoms with E-state index in [1.165, 1.54) is 16.7 Å². The number of amides is 2. The molecular formula is C23H26Cl4N2O2S.